The monoisotopic (exact) mass is 401 g/mol. The number of aromatic nitrogens is 4. The fourth-order valence-electron chi connectivity index (χ4n) is 3.97. The second-order valence-electron chi connectivity index (χ2n) is 7.50. The van der Waals surface area contributed by atoms with Crippen LogP contribution in [0.5, 0.6) is 0 Å². The van der Waals surface area contributed by atoms with Crippen molar-refractivity contribution in [3.8, 4) is 11.1 Å². The molecule has 0 spiro atoms. The first-order chi connectivity index (χ1) is 14.7. The minimum absolute atomic E-state index is 0.0266. The molecule has 0 radical (unpaired) electrons. The van der Waals surface area contributed by atoms with Gasteiger partial charge in [-0.1, -0.05) is 12.1 Å². The number of pyridine rings is 2. The summed E-state index contributed by atoms with van der Waals surface area (Å²) >= 11 is 0. The van der Waals surface area contributed by atoms with E-state index >= 15 is 0 Å². The lowest BCUT2D eigenvalue weighted by Crippen LogP contribution is -2.39. The Hall–Kier alpha value is -3.61. The number of nitrogens with zero attached hydrogens (tertiary/aromatic N) is 5. The maximum absolute atomic E-state index is 14.1. The number of hydrogen-bond donors (Lipinski definition) is 0. The Labute approximate surface area is 173 Å². The number of amides is 1. The summed E-state index contributed by atoms with van der Waals surface area (Å²) in [6, 6.07) is 14.0. The van der Waals surface area contributed by atoms with E-state index in [2.05, 4.69) is 15.1 Å². The fourth-order valence-corrected chi connectivity index (χ4v) is 3.97. The zero-order chi connectivity index (χ0) is 20.5. The van der Waals surface area contributed by atoms with E-state index in [1.54, 1.807) is 33.9 Å². The van der Waals surface area contributed by atoms with E-state index in [1.807, 2.05) is 30.5 Å². The predicted octanol–water partition coefficient (Wildman–Crippen LogP) is 3.95. The van der Waals surface area contributed by atoms with E-state index in [0.29, 0.717) is 18.9 Å². The van der Waals surface area contributed by atoms with Crippen molar-refractivity contribution in [3.63, 3.8) is 0 Å². The van der Waals surface area contributed by atoms with Gasteiger partial charge in [0.25, 0.3) is 5.91 Å². The number of likely N-dealkylation sites (tertiary alicyclic amines) is 1. The average Bonchev–Trinajstić information content (AvgIpc) is 3.23. The van der Waals surface area contributed by atoms with Crippen LogP contribution < -0.4 is 0 Å². The Morgan fingerprint density at radius 3 is 2.70 bits per heavy atom. The predicted molar refractivity (Wildman–Crippen MR) is 110 cm³/mol. The molecule has 1 fully saturated rings. The Kier molecular flexibility index (Phi) is 4.71. The number of fused-ring (bicyclic) bond motifs is 1. The van der Waals surface area contributed by atoms with E-state index in [0.717, 1.165) is 29.6 Å². The molecular formula is C23H20FN5O. The van der Waals surface area contributed by atoms with Gasteiger partial charge in [0.05, 0.1) is 5.56 Å². The molecule has 1 amide bonds. The number of carbonyl (C=O) groups is 1. The van der Waals surface area contributed by atoms with Gasteiger partial charge in [-0.3, -0.25) is 9.78 Å². The van der Waals surface area contributed by atoms with Crippen LogP contribution in [0.3, 0.4) is 0 Å². The van der Waals surface area contributed by atoms with Gasteiger partial charge >= 0.3 is 0 Å². The van der Waals surface area contributed by atoms with Gasteiger partial charge < -0.3 is 4.90 Å². The summed E-state index contributed by atoms with van der Waals surface area (Å²) in [4.78, 5) is 23.3. The highest BCUT2D eigenvalue weighted by atomic mass is 19.1. The lowest BCUT2D eigenvalue weighted by molar-refractivity contribution is 0.0700. The van der Waals surface area contributed by atoms with Crippen LogP contribution in [0.15, 0.2) is 67.1 Å². The normalized spacial score (nSPS) is 16.7. The molecule has 0 N–H and O–H groups in total. The zero-order valence-electron chi connectivity index (χ0n) is 16.3. The molecule has 1 aliphatic heterocycles. The van der Waals surface area contributed by atoms with Crippen LogP contribution in [0, 0.1) is 5.82 Å². The summed E-state index contributed by atoms with van der Waals surface area (Å²) in [6.07, 6.45) is 7.20. The SMILES string of the molecule is O=C(c1ccccc1F)N1CCCC(c2nc3ccc(-c4ccncc4)cn3n2)C1. The molecule has 1 unspecified atom stereocenters. The van der Waals surface area contributed by atoms with Crippen LogP contribution in [0.2, 0.25) is 0 Å². The van der Waals surface area contributed by atoms with Crippen LogP contribution >= 0.6 is 0 Å². The summed E-state index contributed by atoms with van der Waals surface area (Å²) in [5.41, 5.74) is 2.97. The topological polar surface area (TPSA) is 63.4 Å². The first kappa shape index (κ1) is 18.4. The average molecular weight is 401 g/mol. The first-order valence-corrected chi connectivity index (χ1v) is 9.99. The molecule has 1 saturated heterocycles. The van der Waals surface area contributed by atoms with Crippen molar-refractivity contribution in [2.45, 2.75) is 18.8 Å². The van der Waals surface area contributed by atoms with E-state index in [-0.39, 0.29) is 17.4 Å². The summed E-state index contributed by atoms with van der Waals surface area (Å²) in [7, 11) is 0. The zero-order valence-corrected chi connectivity index (χ0v) is 16.3. The third-order valence-corrected chi connectivity index (χ3v) is 5.54. The summed E-state index contributed by atoms with van der Waals surface area (Å²) in [6.45, 7) is 1.10. The Morgan fingerprint density at radius 2 is 1.87 bits per heavy atom. The van der Waals surface area contributed by atoms with Crippen molar-refractivity contribution in [2.24, 2.45) is 0 Å². The van der Waals surface area contributed by atoms with E-state index in [4.69, 9.17) is 0 Å². The summed E-state index contributed by atoms with van der Waals surface area (Å²) in [5, 5.41) is 4.68. The molecule has 0 saturated carbocycles. The number of piperidine rings is 1. The van der Waals surface area contributed by atoms with Crippen molar-refractivity contribution in [1.29, 1.82) is 0 Å². The molecule has 4 aromatic rings. The number of carbonyl (C=O) groups excluding carboxylic acids is 1. The lowest BCUT2D eigenvalue weighted by atomic mass is 9.96. The van der Waals surface area contributed by atoms with Crippen molar-refractivity contribution in [1.82, 2.24) is 24.5 Å². The van der Waals surface area contributed by atoms with Gasteiger partial charge in [-0.05, 0) is 54.8 Å². The highest BCUT2D eigenvalue weighted by Crippen LogP contribution is 2.27. The lowest BCUT2D eigenvalue weighted by Gasteiger charge is -2.31. The summed E-state index contributed by atoms with van der Waals surface area (Å²) in [5.74, 6) is -0.0210. The molecule has 7 heteroatoms. The van der Waals surface area contributed by atoms with Crippen molar-refractivity contribution in [3.05, 3.63) is 84.3 Å². The Bertz CT molecular complexity index is 1210. The van der Waals surface area contributed by atoms with Crippen molar-refractivity contribution >= 4 is 11.6 Å². The van der Waals surface area contributed by atoms with Gasteiger partial charge in [-0.2, -0.15) is 5.10 Å². The van der Waals surface area contributed by atoms with Gasteiger partial charge in [0, 0.05) is 43.2 Å². The largest absolute Gasteiger partial charge is 0.338 e. The fraction of sp³-hybridized carbons (Fsp3) is 0.217. The molecule has 6 nitrogen and oxygen atoms in total. The third-order valence-electron chi connectivity index (χ3n) is 5.54. The van der Waals surface area contributed by atoms with Gasteiger partial charge in [-0.15, -0.1) is 0 Å². The molecule has 1 aliphatic rings. The number of benzene rings is 1. The van der Waals surface area contributed by atoms with Crippen molar-refractivity contribution < 1.29 is 9.18 Å². The molecule has 150 valence electrons. The highest BCUT2D eigenvalue weighted by molar-refractivity contribution is 5.94. The number of hydrogen-bond acceptors (Lipinski definition) is 4. The molecule has 0 aliphatic carbocycles. The number of rotatable bonds is 3. The van der Waals surface area contributed by atoms with Crippen LogP contribution in [-0.4, -0.2) is 43.5 Å². The Morgan fingerprint density at radius 1 is 1.03 bits per heavy atom. The van der Waals surface area contributed by atoms with Gasteiger partial charge in [0.1, 0.15) is 5.82 Å². The smallest absolute Gasteiger partial charge is 0.256 e. The van der Waals surface area contributed by atoms with Gasteiger partial charge in [0.2, 0.25) is 0 Å². The van der Waals surface area contributed by atoms with Crippen molar-refractivity contribution in [2.75, 3.05) is 13.1 Å². The third kappa shape index (κ3) is 3.43. The minimum atomic E-state index is -0.487. The number of halogens is 1. The van der Waals surface area contributed by atoms with Crippen LogP contribution in [0.25, 0.3) is 16.8 Å². The highest BCUT2D eigenvalue weighted by Gasteiger charge is 2.29. The van der Waals surface area contributed by atoms with Crippen LogP contribution in [-0.2, 0) is 0 Å². The molecule has 5 rings (SSSR count). The molecule has 0 bridgehead atoms. The summed E-state index contributed by atoms with van der Waals surface area (Å²) < 4.78 is 15.8. The second-order valence-corrected chi connectivity index (χ2v) is 7.50. The van der Waals surface area contributed by atoms with E-state index in [1.165, 1.54) is 12.1 Å². The Balaban J connectivity index is 1.40. The molecule has 3 aromatic heterocycles. The van der Waals surface area contributed by atoms with E-state index in [9.17, 15) is 9.18 Å². The van der Waals surface area contributed by atoms with Crippen LogP contribution in [0.4, 0.5) is 4.39 Å². The molecule has 30 heavy (non-hydrogen) atoms. The molecule has 1 atom stereocenters. The van der Waals surface area contributed by atoms with Gasteiger partial charge in [0.15, 0.2) is 11.5 Å². The molecule has 4 heterocycles. The van der Waals surface area contributed by atoms with E-state index < -0.39 is 5.82 Å². The molecule has 1 aromatic carbocycles. The van der Waals surface area contributed by atoms with Gasteiger partial charge in [-0.25, -0.2) is 13.9 Å². The minimum Gasteiger partial charge on any atom is -0.338 e. The van der Waals surface area contributed by atoms with Crippen LogP contribution in [0.1, 0.15) is 34.9 Å². The molecular weight excluding hydrogens is 381 g/mol. The maximum Gasteiger partial charge on any atom is 0.256 e. The standard InChI is InChI=1S/C23H20FN5O/c24-20-6-2-1-5-19(20)23(30)28-13-3-4-18(14-28)22-26-21-8-7-17(15-29(21)27-22)16-9-11-25-12-10-16/h1-2,5-12,15,18H,3-4,13-14H2. The second kappa shape index (κ2) is 7.67. The quantitative estimate of drug-likeness (QED) is 0.521. The maximum atomic E-state index is 14.1. The first-order valence-electron chi connectivity index (χ1n) is 9.99.